The van der Waals surface area contributed by atoms with Crippen LogP contribution in [0.15, 0.2) is 42.6 Å². The fourth-order valence-corrected chi connectivity index (χ4v) is 9.80. The zero-order valence-electron chi connectivity index (χ0n) is 32.6. The van der Waals surface area contributed by atoms with E-state index in [0.29, 0.717) is 29.9 Å². The lowest BCUT2D eigenvalue weighted by Crippen LogP contribution is -2.48. The van der Waals surface area contributed by atoms with Gasteiger partial charge >= 0.3 is 5.97 Å². The summed E-state index contributed by atoms with van der Waals surface area (Å²) in [5.74, 6) is -2.60. The number of amides is 2. The Kier molecular flexibility index (Phi) is 11.4. The van der Waals surface area contributed by atoms with Crippen LogP contribution in [0.3, 0.4) is 0 Å². The molecule has 0 radical (unpaired) electrons. The van der Waals surface area contributed by atoms with Crippen LogP contribution in [0.25, 0.3) is 10.8 Å². The molecule has 2 aliphatic heterocycles. The van der Waals surface area contributed by atoms with Gasteiger partial charge in [-0.2, -0.15) is 0 Å². The SMILES string of the molecule is COc1cnc(O[C@@H]2C[C@H]3C(=O)C[C@]4(C(=O)NS(=O)(=O)C5(CF)CC5)C[C@H]4/C=C\CCC(C)C[C@@H](C)[C@H](CC(=O)OC(C)(C)C)C(=O)N3C2)c2ccccc12. The van der Waals surface area contributed by atoms with E-state index in [0.717, 1.165) is 11.8 Å². The highest BCUT2D eigenvalue weighted by molar-refractivity contribution is 7.91. The summed E-state index contributed by atoms with van der Waals surface area (Å²) in [7, 11) is -2.79. The average molecular weight is 784 g/mol. The first-order chi connectivity index (χ1) is 25.9. The van der Waals surface area contributed by atoms with E-state index in [2.05, 4.69) is 16.6 Å². The summed E-state index contributed by atoms with van der Waals surface area (Å²) in [5, 5.41) is 1.45. The molecular weight excluding hydrogens is 730 g/mol. The number of fused-ring (bicyclic) bond motifs is 3. The van der Waals surface area contributed by atoms with Gasteiger partial charge in [0.15, 0.2) is 5.78 Å². The first-order valence-electron chi connectivity index (χ1n) is 19.4. The number of pyridine rings is 1. The molecule has 1 aromatic carbocycles. The quantitative estimate of drug-likeness (QED) is 0.241. The number of hydrogen-bond donors (Lipinski definition) is 1. The molecule has 1 aromatic heterocycles. The number of hydrogen-bond acceptors (Lipinski definition) is 10. The van der Waals surface area contributed by atoms with Crippen LogP contribution in [-0.2, 0) is 33.9 Å². The van der Waals surface area contributed by atoms with Gasteiger partial charge in [-0.1, -0.05) is 44.2 Å². The van der Waals surface area contributed by atoms with Crippen molar-refractivity contribution in [1.29, 1.82) is 0 Å². The van der Waals surface area contributed by atoms with Crippen molar-refractivity contribution in [3.05, 3.63) is 42.6 Å². The van der Waals surface area contributed by atoms with Crippen LogP contribution in [0.4, 0.5) is 4.39 Å². The molecule has 2 saturated carbocycles. The number of ether oxygens (including phenoxy) is 3. The van der Waals surface area contributed by atoms with Crippen LogP contribution in [0, 0.1) is 29.1 Å². The van der Waals surface area contributed by atoms with Gasteiger partial charge in [0.1, 0.15) is 28.9 Å². The van der Waals surface area contributed by atoms with Gasteiger partial charge in [0, 0.05) is 23.6 Å². The zero-order valence-corrected chi connectivity index (χ0v) is 33.5. The number of allylic oxidation sites excluding steroid dienone is 2. The molecule has 2 amide bonds. The van der Waals surface area contributed by atoms with Gasteiger partial charge in [-0.15, -0.1) is 0 Å². The number of methoxy groups -OCH3 is 1. The lowest BCUT2D eigenvalue weighted by Gasteiger charge is -2.32. The van der Waals surface area contributed by atoms with Gasteiger partial charge in [-0.05, 0) is 83.1 Å². The average Bonchev–Trinajstić information content (AvgIpc) is 4.02. The molecule has 3 fully saturated rings. The number of nitrogens with zero attached hydrogens (tertiary/aromatic N) is 2. The Labute approximate surface area is 323 Å². The lowest BCUT2D eigenvalue weighted by atomic mass is 9.82. The normalized spacial score (nSPS) is 30.3. The zero-order chi connectivity index (χ0) is 39.9. The maximum atomic E-state index is 14.8. The van der Waals surface area contributed by atoms with E-state index >= 15 is 0 Å². The number of rotatable bonds is 9. The summed E-state index contributed by atoms with van der Waals surface area (Å²) in [6.07, 6.45) is 6.83. The summed E-state index contributed by atoms with van der Waals surface area (Å²) >= 11 is 0. The van der Waals surface area contributed by atoms with Gasteiger partial charge < -0.3 is 19.1 Å². The number of halogens is 1. The number of carbonyl (C=O) groups is 4. The van der Waals surface area contributed by atoms with E-state index in [1.165, 1.54) is 4.90 Å². The number of ketones is 1. The van der Waals surface area contributed by atoms with E-state index in [1.54, 1.807) is 34.1 Å². The summed E-state index contributed by atoms with van der Waals surface area (Å²) in [6, 6.07) is 6.39. The number of aromatic nitrogens is 1. The molecule has 4 aliphatic rings. The summed E-state index contributed by atoms with van der Waals surface area (Å²) in [5.41, 5.74) is -2.15. The molecule has 6 rings (SSSR count). The molecule has 300 valence electrons. The molecular formula is C41H54FN3O9S. The van der Waals surface area contributed by atoms with Gasteiger partial charge in [-0.3, -0.25) is 23.9 Å². The van der Waals surface area contributed by atoms with Crippen molar-refractivity contribution in [2.45, 2.75) is 115 Å². The molecule has 3 heterocycles. The largest absolute Gasteiger partial charge is 0.494 e. The van der Waals surface area contributed by atoms with E-state index < -0.39 is 74.1 Å². The van der Waals surface area contributed by atoms with Crippen molar-refractivity contribution in [3.8, 4) is 11.6 Å². The number of carbonyl (C=O) groups excluding carboxylic acids is 4. The number of alkyl halides is 1. The van der Waals surface area contributed by atoms with Crippen molar-refractivity contribution < 1.29 is 46.2 Å². The van der Waals surface area contributed by atoms with Gasteiger partial charge in [-0.25, -0.2) is 17.8 Å². The maximum Gasteiger partial charge on any atom is 0.307 e. The number of esters is 1. The van der Waals surface area contributed by atoms with Crippen molar-refractivity contribution in [3.63, 3.8) is 0 Å². The predicted molar refractivity (Wildman–Crippen MR) is 203 cm³/mol. The van der Waals surface area contributed by atoms with Crippen molar-refractivity contribution in [2.75, 3.05) is 20.3 Å². The fraction of sp³-hybridized carbons (Fsp3) is 0.634. The Bertz CT molecular complexity index is 1960. The van der Waals surface area contributed by atoms with Gasteiger partial charge in [0.05, 0.1) is 43.6 Å². The van der Waals surface area contributed by atoms with Gasteiger partial charge in [0.2, 0.25) is 27.7 Å². The monoisotopic (exact) mass is 783 g/mol. The maximum absolute atomic E-state index is 14.8. The molecule has 0 bridgehead atoms. The minimum Gasteiger partial charge on any atom is -0.494 e. The lowest BCUT2D eigenvalue weighted by molar-refractivity contribution is -0.160. The smallest absolute Gasteiger partial charge is 0.307 e. The van der Waals surface area contributed by atoms with Crippen LogP contribution in [0.2, 0.25) is 0 Å². The third-order valence-electron chi connectivity index (χ3n) is 11.8. The third-order valence-corrected chi connectivity index (χ3v) is 14.0. The molecule has 12 nitrogen and oxygen atoms in total. The number of sulfonamides is 1. The van der Waals surface area contributed by atoms with Crippen LogP contribution in [0.1, 0.15) is 92.4 Å². The molecule has 1 unspecified atom stereocenters. The number of Topliss-reactive ketones (excluding diaryl/α,β-unsaturated/α-hetero) is 1. The molecule has 1 saturated heterocycles. The Morgan fingerprint density at radius 3 is 2.45 bits per heavy atom. The van der Waals surface area contributed by atoms with Crippen molar-refractivity contribution in [2.24, 2.45) is 29.1 Å². The second-order valence-electron chi connectivity index (χ2n) is 17.2. The standard InChI is InChI=1S/C41H54FN3O9S/c1-25-11-7-8-12-27-20-41(27,38(49)44-55(50,51)40(24-42)15-16-40)21-33(46)32-18-28(53-36-30-14-10-9-13-29(30)34(52-6)22-43-36)23-45(32)37(48)31(26(2)17-25)19-35(47)54-39(3,4)5/h8-10,12-14,22,25-28,31-32H,7,11,15-21,23-24H2,1-6H3,(H,44,49)/b12-8-/t25?,26-,27-,28-,31+,32+,41-/m1/s1. The second kappa shape index (κ2) is 15.5. The fourth-order valence-electron chi connectivity index (χ4n) is 8.36. The highest BCUT2D eigenvalue weighted by Gasteiger charge is 2.63. The minimum absolute atomic E-state index is 0.0142. The highest BCUT2D eigenvalue weighted by atomic mass is 32.2. The first-order valence-corrected chi connectivity index (χ1v) is 20.8. The van der Waals surface area contributed by atoms with Crippen LogP contribution >= 0.6 is 0 Å². The van der Waals surface area contributed by atoms with Crippen molar-refractivity contribution in [1.82, 2.24) is 14.6 Å². The van der Waals surface area contributed by atoms with E-state index in [9.17, 15) is 32.0 Å². The molecule has 55 heavy (non-hydrogen) atoms. The topological polar surface area (TPSA) is 158 Å². The Hall–Kier alpha value is -4.07. The molecule has 2 aliphatic carbocycles. The second-order valence-corrected chi connectivity index (χ2v) is 19.3. The third kappa shape index (κ3) is 8.53. The van der Waals surface area contributed by atoms with Crippen LogP contribution in [0.5, 0.6) is 11.6 Å². The van der Waals surface area contributed by atoms with E-state index in [-0.39, 0.29) is 62.8 Å². The van der Waals surface area contributed by atoms with Crippen LogP contribution < -0.4 is 14.2 Å². The molecule has 2 aromatic rings. The Morgan fingerprint density at radius 2 is 1.80 bits per heavy atom. The summed E-state index contributed by atoms with van der Waals surface area (Å²) in [6.45, 7) is 8.24. The minimum atomic E-state index is -4.33. The number of nitrogens with one attached hydrogen (secondary N) is 1. The van der Waals surface area contributed by atoms with Crippen LogP contribution in [-0.4, -0.2) is 84.7 Å². The molecule has 1 N–H and O–H groups in total. The van der Waals surface area contributed by atoms with Gasteiger partial charge in [0.25, 0.3) is 0 Å². The van der Waals surface area contributed by atoms with E-state index in [4.69, 9.17) is 14.2 Å². The first kappa shape index (κ1) is 40.6. The van der Waals surface area contributed by atoms with Crippen molar-refractivity contribution >= 4 is 44.4 Å². The summed E-state index contributed by atoms with van der Waals surface area (Å²) in [4.78, 5) is 62.7. The molecule has 7 atom stereocenters. The number of benzene rings is 1. The highest BCUT2D eigenvalue weighted by Crippen LogP contribution is 2.58. The summed E-state index contributed by atoms with van der Waals surface area (Å²) < 4.78 is 58.4. The Morgan fingerprint density at radius 1 is 1.09 bits per heavy atom. The Balaban J connectivity index is 1.35. The molecule has 0 spiro atoms. The van der Waals surface area contributed by atoms with E-state index in [1.807, 2.05) is 43.3 Å². The predicted octanol–water partition coefficient (Wildman–Crippen LogP) is 5.87. The molecule has 14 heteroatoms.